The van der Waals surface area contributed by atoms with Crippen LogP contribution in [0.5, 0.6) is 5.75 Å². The fourth-order valence-electron chi connectivity index (χ4n) is 2.86. The van der Waals surface area contributed by atoms with E-state index >= 15 is 0 Å². The Bertz CT molecular complexity index is 1040. The van der Waals surface area contributed by atoms with Crippen molar-refractivity contribution in [2.75, 3.05) is 5.32 Å². The summed E-state index contributed by atoms with van der Waals surface area (Å²) in [6.45, 7) is 0.567. The monoisotopic (exact) mass is 378 g/mol. The van der Waals surface area contributed by atoms with Crippen molar-refractivity contribution in [1.29, 1.82) is 0 Å². The summed E-state index contributed by atoms with van der Waals surface area (Å²) in [6, 6.07) is 36.3. The van der Waals surface area contributed by atoms with E-state index in [1.165, 1.54) is 0 Å². The number of aliphatic imine (C=N–C) groups is 1. The van der Waals surface area contributed by atoms with Gasteiger partial charge in [0.2, 0.25) is 0 Å². The van der Waals surface area contributed by atoms with Gasteiger partial charge in [-0.25, -0.2) is 0 Å². The molecule has 0 spiro atoms. The number of benzene rings is 4. The van der Waals surface area contributed by atoms with Gasteiger partial charge in [-0.1, -0.05) is 48.5 Å². The number of nitrogens with one attached hydrogen (secondary N) is 1. The molecule has 3 heteroatoms. The number of para-hydroxylation sites is 1. The largest absolute Gasteiger partial charge is 0.489 e. The van der Waals surface area contributed by atoms with Crippen molar-refractivity contribution in [3.63, 3.8) is 0 Å². The first kappa shape index (κ1) is 18.5. The quantitative estimate of drug-likeness (QED) is 0.360. The fraction of sp³-hybridized carbons (Fsp3) is 0.0385. The molecule has 1 N–H and O–H groups in total. The van der Waals surface area contributed by atoms with Crippen LogP contribution in [-0.2, 0) is 6.61 Å². The third-order valence-electron chi connectivity index (χ3n) is 4.42. The van der Waals surface area contributed by atoms with Crippen molar-refractivity contribution in [2.24, 2.45) is 4.99 Å². The topological polar surface area (TPSA) is 33.6 Å². The van der Waals surface area contributed by atoms with E-state index in [1.54, 1.807) is 0 Å². The van der Waals surface area contributed by atoms with Crippen molar-refractivity contribution in [2.45, 2.75) is 6.61 Å². The van der Waals surface area contributed by atoms with E-state index in [-0.39, 0.29) is 0 Å². The van der Waals surface area contributed by atoms with Crippen molar-refractivity contribution in [1.82, 2.24) is 0 Å². The van der Waals surface area contributed by atoms with Crippen molar-refractivity contribution in [3.05, 3.63) is 120 Å². The average Bonchev–Trinajstić information content (AvgIpc) is 2.79. The highest BCUT2D eigenvalue weighted by atomic mass is 16.5. The van der Waals surface area contributed by atoms with Crippen LogP contribution in [0.4, 0.5) is 17.1 Å². The van der Waals surface area contributed by atoms with Gasteiger partial charge in [-0.15, -0.1) is 0 Å². The Balaban J connectivity index is 1.32. The highest BCUT2D eigenvalue weighted by Crippen LogP contribution is 2.20. The standard InChI is InChI=1S/C26H22N2O/c1-3-7-22(8-4-1)20-29-26-17-11-21(12-18-26)19-27-23-13-15-25(16-14-23)28-24-9-5-2-6-10-24/h1-19,28H,20H2. The van der Waals surface area contributed by atoms with Crippen LogP contribution in [0.1, 0.15) is 11.1 Å². The van der Waals surface area contributed by atoms with Crippen LogP contribution in [0.3, 0.4) is 0 Å². The normalized spacial score (nSPS) is 10.8. The van der Waals surface area contributed by atoms with Crippen molar-refractivity contribution >= 4 is 23.3 Å². The number of hydrogen-bond acceptors (Lipinski definition) is 3. The zero-order valence-electron chi connectivity index (χ0n) is 16.0. The minimum atomic E-state index is 0.567. The van der Waals surface area contributed by atoms with Gasteiger partial charge in [0, 0.05) is 17.6 Å². The van der Waals surface area contributed by atoms with Gasteiger partial charge in [0.15, 0.2) is 0 Å². The molecule has 0 fully saturated rings. The maximum absolute atomic E-state index is 5.82. The molecule has 0 aliphatic carbocycles. The number of ether oxygens (including phenoxy) is 1. The van der Waals surface area contributed by atoms with E-state index < -0.39 is 0 Å². The van der Waals surface area contributed by atoms with E-state index in [0.29, 0.717) is 6.61 Å². The molecule has 29 heavy (non-hydrogen) atoms. The van der Waals surface area contributed by atoms with Crippen LogP contribution in [0, 0.1) is 0 Å². The van der Waals surface area contributed by atoms with Crippen LogP contribution >= 0.6 is 0 Å². The van der Waals surface area contributed by atoms with E-state index in [9.17, 15) is 0 Å². The lowest BCUT2D eigenvalue weighted by Crippen LogP contribution is -1.94. The summed E-state index contributed by atoms with van der Waals surface area (Å²) in [5.41, 5.74) is 5.20. The second-order valence-corrected chi connectivity index (χ2v) is 6.64. The second kappa shape index (κ2) is 9.38. The number of hydrogen-bond donors (Lipinski definition) is 1. The average molecular weight is 378 g/mol. The molecule has 4 aromatic carbocycles. The van der Waals surface area contributed by atoms with Gasteiger partial charge in [-0.2, -0.15) is 0 Å². The van der Waals surface area contributed by atoms with E-state index in [0.717, 1.165) is 33.9 Å². The Morgan fingerprint density at radius 1 is 0.655 bits per heavy atom. The molecule has 3 nitrogen and oxygen atoms in total. The highest BCUT2D eigenvalue weighted by Gasteiger charge is 1.97. The van der Waals surface area contributed by atoms with E-state index in [4.69, 9.17) is 4.74 Å². The third-order valence-corrected chi connectivity index (χ3v) is 4.42. The molecule has 0 aliphatic rings. The predicted octanol–water partition coefficient (Wildman–Crippen LogP) is 6.76. The fourth-order valence-corrected chi connectivity index (χ4v) is 2.86. The molecular formula is C26H22N2O. The van der Waals surface area contributed by atoms with Crippen LogP contribution < -0.4 is 10.1 Å². The predicted molar refractivity (Wildman–Crippen MR) is 121 cm³/mol. The summed E-state index contributed by atoms with van der Waals surface area (Å²) >= 11 is 0. The summed E-state index contributed by atoms with van der Waals surface area (Å²) < 4.78 is 5.82. The molecule has 0 amide bonds. The molecule has 0 aromatic heterocycles. The SMILES string of the molecule is C(=Nc1ccc(Nc2ccccc2)cc1)c1ccc(OCc2ccccc2)cc1. The molecule has 4 aromatic rings. The molecule has 0 aliphatic heterocycles. The Labute approximate surface area is 171 Å². The van der Waals surface area contributed by atoms with Gasteiger partial charge in [0.05, 0.1) is 5.69 Å². The van der Waals surface area contributed by atoms with Gasteiger partial charge >= 0.3 is 0 Å². The Kier molecular flexibility index (Phi) is 5.99. The molecule has 0 atom stereocenters. The van der Waals surface area contributed by atoms with Gasteiger partial charge in [0.25, 0.3) is 0 Å². The van der Waals surface area contributed by atoms with Crippen LogP contribution in [0.2, 0.25) is 0 Å². The summed E-state index contributed by atoms with van der Waals surface area (Å²) in [6.07, 6.45) is 1.86. The minimum absolute atomic E-state index is 0.567. The summed E-state index contributed by atoms with van der Waals surface area (Å²) in [7, 11) is 0. The van der Waals surface area contributed by atoms with Crippen LogP contribution in [-0.4, -0.2) is 6.21 Å². The Morgan fingerprint density at radius 2 is 1.28 bits per heavy atom. The molecule has 0 unspecified atom stereocenters. The molecule has 0 heterocycles. The Morgan fingerprint density at radius 3 is 1.97 bits per heavy atom. The highest BCUT2D eigenvalue weighted by molar-refractivity contribution is 5.82. The van der Waals surface area contributed by atoms with Crippen LogP contribution in [0.25, 0.3) is 0 Å². The molecule has 4 rings (SSSR count). The molecule has 142 valence electrons. The first-order valence-corrected chi connectivity index (χ1v) is 9.58. The third kappa shape index (κ3) is 5.56. The lowest BCUT2D eigenvalue weighted by atomic mass is 10.2. The maximum atomic E-state index is 5.82. The number of nitrogens with zero attached hydrogens (tertiary/aromatic N) is 1. The number of rotatable bonds is 7. The minimum Gasteiger partial charge on any atom is -0.489 e. The molecule has 0 radical (unpaired) electrons. The Hall–Kier alpha value is -3.85. The smallest absolute Gasteiger partial charge is 0.119 e. The lowest BCUT2D eigenvalue weighted by Gasteiger charge is -2.06. The summed E-state index contributed by atoms with van der Waals surface area (Å²) in [4.78, 5) is 4.55. The zero-order chi connectivity index (χ0) is 19.7. The molecule has 0 saturated heterocycles. The summed E-state index contributed by atoms with van der Waals surface area (Å²) in [5, 5.41) is 3.37. The number of anilines is 2. The van der Waals surface area contributed by atoms with E-state index in [2.05, 4.69) is 22.4 Å². The first-order valence-electron chi connectivity index (χ1n) is 9.58. The summed E-state index contributed by atoms with van der Waals surface area (Å²) in [5.74, 6) is 0.849. The van der Waals surface area contributed by atoms with Crippen molar-refractivity contribution < 1.29 is 4.74 Å². The lowest BCUT2D eigenvalue weighted by molar-refractivity contribution is 0.306. The maximum Gasteiger partial charge on any atom is 0.119 e. The molecule has 0 bridgehead atoms. The first-order chi connectivity index (χ1) is 14.3. The molecule has 0 saturated carbocycles. The zero-order valence-corrected chi connectivity index (χ0v) is 16.0. The van der Waals surface area contributed by atoms with Crippen LogP contribution in [0.15, 0.2) is 114 Å². The molecular weight excluding hydrogens is 356 g/mol. The van der Waals surface area contributed by atoms with Gasteiger partial charge in [-0.05, 0) is 71.8 Å². The second-order valence-electron chi connectivity index (χ2n) is 6.64. The van der Waals surface area contributed by atoms with Crippen molar-refractivity contribution in [3.8, 4) is 5.75 Å². The van der Waals surface area contributed by atoms with Gasteiger partial charge in [0.1, 0.15) is 12.4 Å². The van der Waals surface area contributed by atoms with Gasteiger partial charge < -0.3 is 10.1 Å². The van der Waals surface area contributed by atoms with Gasteiger partial charge in [-0.3, -0.25) is 4.99 Å². The van der Waals surface area contributed by atoms with E-state index in [1.807, 2.05) is 103 Å².